The number of hydrogen-bond donors (Lipinski definition) is 1. The van der Waals surface area contributed by atoms with Gasteiger partial charge in [0.25, 0.3) is 0 Å². The van der Waals surface area contributed by atoms with Crippen LogP contribution in [0.2, 0.25) is 0 Å². The molecule has 242 valence electrons. The van der Waals surface area contributed by atoms with Crippen molar-refractivity contribution in [3.05, 3.63) is 47.5 Å². The van der Waals surface area contributed by atoms with Crippen LogP contribution in [0.3, 0.4) is 0 Å². The van der Waals surface area contributed by atoms with E-state index in [1.165, 1.54) is 12.1 Å². The third-order valence-corrected chi connectivity index (χ3v) is 6.65. The van der Waals surface area contributed by atoms with Crippen LogP contribution in [0, 0.1) is 0 Å². The van der Waals surface area contributed by atoms with Crippen LogP contribution in [0.4, 0.5) is 0 Å². The van der Waals surface area contributed by atoms with E-state index in [1.54, 1.807) is 18.2 Å². The fourth-order valence-corrected chi connectivity index (χ4v) is 4.84. The Hall–Kier alpha value is -4.85. The van der Waals surface area contributed by atoms with Crippen molar-refractivity contribution in [2.24, 2.45) is 0 Å². The Morgan fingerprint density at radius 1 is 0.778 bits per heavy atom. The summed E-state index contributed by atoms with van der Waals surface area (Å²) in [6, 6.07) is 9.08. The molecule has 2 aromatic rings. The van der Waals surface area contributed by atoms with Crippen molar-refractivity contribution in [2.75, 3.05) is 19.8 Å². The van der Waals surface area contributed by atoms with Crippen molar-refractivity contribution in [2.45, 2.75) is 71.2 Å². The quantitative estimate of drug-likeness (QED) is 0.230. The van der Waals surface area contributed by atoms with Gasteiger partial charge in [-0.25, -0.2) is 0 Å². The Morgan fingerprint density at radius 2 is 1.42 bits per heavy atom. The van der Waals surface area contributed by atoms with Gasteiger partial charge in [-0.15, -0.1) is 0 Å². The van der Waals surface area contributed by atoms with Crippen molar-refractivity contribution >= 4 is 29.7 Å². The summed E-state index contributed by atoms with van der Waals surface area (Å²) in [4.78, 5) is 60.6. The van der Waals surface area contributed by atoms with Gasteiger partial charge >= 0.3 is 23.9 Å². The SMILES string of the molecule is CC(=O)OC[C@H]1O[C@H](Oc2ccc(C(=O)Cc3ccc4c(c3)OCCCO4)c(O)c2)[C@H](OC(C)=O)[C@@H](OC(C)=O)[C@@H]1OC(C)=O. The Balaban J connectivity index is 1.57. The molecule has 5 atom stereocenters. The van der Waals surface area contributed by atoms with Crippen LogP contribution in [0.5, 0.6) is 23.0 Å². The normalized spacial score (nSPS) is 22.3. The van der Waals surface area contributed by atoms with E-state index in [0.29, 0.717) is 30.3 Å². The molecule has 45 heavy (non-hydrogen) atoms. The van der Waals surface area contributed by atoms with Crippen LogP contribution in [0.15, 0.2) is 36.4 Å². The zero-order valence-electron chi connectivity index (χ0n) is 25.1. The highest BCUT2D eigenvalue weighted by Gasteiger charge is 2.53. The van der Waals surface area contributed by atoms with Crippen LogP contribution < -0.4 is 14.2 Å². The predicted molar refractivity (Wildman–Crippen MR) is 151 cm³/mol. The number of phenols is 1. The Labute approximate surface area is 258 Å². The standard InChI is InChI=1S/C31H34O14/c1-16(32)40-15-27-28(41-17(2)33)29(42-18(3)34)30(43-19(4)35)31(45-27)44-21-7-8-22(24(37)14-21)23(36)12-20-6-9-25-26(13-20)39-11-5-10-38-25/h6-9,13-14,27-31,37H,5,10-12,15H2,1-4H3/t27-,28-,29+,30-,31+/m1/s1. The monoisotopic (exact) mass is 630 g/mol. The highest BCUT2D eigenvalue weighted by molar-refractivity contribution is 6.00. The van der Waals surface area contributed by atoms with Gasteiger partial charge in [0.2, 0.25) is 12.4 Å². The summed E-state index contributed by atoms with van der Waals surface area (Å²) in [7, 11) is 0. The Morgan fingerprint density at radius 3 is 2.07 bits per heavy atom. The molecular weight excluding hydrogens is 596 g/mol. The number of phenolic OH excluding ortho intramolecular Hbond substituents is 1. The number of rotatable bonds is 10. The summed E-state index contributed by atoms with van der Waals surface area (Å²) >= 11 is 0. The number of Topliss-reactive ketones (excluding diaryl/α,β-unsaturated/α-hetero) is 1. The number of hydrogen-bond acceptors (Lipinski definition) is 14. The first-order valence-corrected chi connectivity index (χ1v) is 14.1. The Kier molecular flexibility index (Phi) is 10.8. The first kappa shape index (κ1) is 33.1. The highest BCUT2D eigenvalue weighted by atomic mass is 16.7. The van der Waals surface area contributed by atoms with Crippen LogP contribution >= 0.6 is 0 Å². The fraction of sp³-hybridized carbons (Fsp3) is 0.452. The third kappa shape index (κ3) is 8.85. The maximum absolute atomic E-state index is 13.1. The van der Waals surface area contributed by atoms with Crippen molar-refractivity contribution in [1.29, 1.82) is 0 Å². The van der Waals surface area contributed by atoms with E-state index in [2.05, 4.69) is 0 Å². The molecule has 2 aliphatic rings. The lowest BCUT2D eigenvalue weighted by molar-refractivity contribution is -0.288. The highest BCUT2D eigenvalue weighted by Crippen LogP contribution is 2.34. The lowest BCUT2D eigenvalue weighted by Gasteiger charge is -2.43. The van der Waals surface area contributed by atoms with Crippen molar-refractivity contribution in [1.82, 2.24) is 0 Å². The molecule has 1 fully saturated rings. The minimum atomic E-state index is -1.51. The van der Waals surface area contributed by atoms with Gasteiger partial charge in [0, 0.05) is 46.6 Å². The largest absolute Gasteiger partial charge is 0.507 e. The number of aromatic hydroxyl groups is 1. The second-order valence-electron chi connectivity index (χ2n) is 10.3. The number of ketones is 1. The molecule has 0 aromatic heterocycles. The number of carbonyl (C=O) groups is 5. The van der Waals surface area contributed by atoms with Gasteiger partial charge in [0.15, 0.2) is 29.5 Å². The molecule has 2 aromatic carbocycles. The van der Waals surface area contributed by atoms with E-state index in [4.69, 9.17) is 37.9 Å². The molecule has 1 saturated heterocycles. The number of benzene rings is 2. The molecule has 2 heterocycles. The average molecular weight is 631 g/mol. The second-order valence-corrected chi connectivity index (χ2v) is 10.3. The minimum absolute atomic E-state index is 0.0102. The zero-order valence-corrected chi connectivity index (χ0v) is 25.1. The summed E-state index contributed by atoms with van der Waals surface area (Å²) in [5.41, 5.74) is 0.664. The summed E-state index contributed by atoms with van der Waals surface area (Å²) < 4.78 is 44.3. The van der Waals surface area contributed by atoms with E-state index in [1.807, 2.05) is 0 Å². The molecule has 1 N–H and O–H groups in total. The van der Waals surface area contributed by atoms with E-state index < -0.39 is 66.9 Å². The van der Waals surface area contributed by atoms with E-state index >= 15 is 0 Å². The van der Waals surface area contributed by atoms with Crippen LogP contribution in [-0.2, 0) is 49.3 Å². The van der Waals surface area contributed by atoms with Gasteiger partial charge in [0.05, 0.1) is 18.8 Å². The molecule has 0 amide bonds. The maximum atomic E-state index is 13.1. The molecular formula is C31H34O14. The summed E-state index contributed by atoms with van der Waals surface area (Å²) in [5, 5.41) is 10.8. The van der Waals surface area contributed by atoms with Crippen molar-refractivity contribution in [3.8, 4) is 23.0 Å². The molecule has 0 saturated carbocycles. The van der Waals surface area contributed by atoms with Crippen molar-refractivity contribution in [3.63, 3.8) is 0 Å². The molecule has 0 unspecified atom stereocenters. The topological polar surface area (TPSA) is 179 Å². The number of esters is 4. The van der Waals surface area contributed by atoms with Gasteiger partial charge in [-0.2, -0.15) is 0 Å². The lowest BCUT2D eigenvalue weighted by Crippen LogP contribution is -2.63. The van der Waals surface area contributed by atoms with Gasteiger partial charge in [0.1, 0.15) is 24.2 Å². The summed E-state index contributed by atoms with van der Waals surface area (Å²) in [6.45, 7) is 5.06. The fourth-order valence-electron chi connectivity index (χ4n) is 4.84. The number of fused-ring (bicyclic) bond motifs is 1. The van der Waals surface area contributed by atoms with Crippen LogP contribution in [-0.4, -0.2) is 85.3 Å². The molecule has 2 aliphatic heterocycles. The molecule has 0 radical (unpaired) electrons. The summed E-state index contributed by atoms with van der Waals surface area (Å²) in [6.07, 6.45) is -6.27. The first-order chi connectivity index (χ1) is 21.4. The molecule has 14 heteroatoms. The van der Waals surface area contributed by atoms with E-state index in [-0.39, 0.29) is 23.5 Å². The molecule has 14 nitrogen and oxygen atoms in total. The Bertz CT molecular complexity index is 1440. The average Bonchev–Trinajstić information content (AvgIpc) is 3.19. The third-order valence-electron chi connectivity index (χ3n) is 6.65. The molecule has 0 spiro atoms. The summed E-state index contributed by atoms with van der Waals surface area (Å²) in [5.74, 6) is -2.71. The van der Waals surface area contributed by atoms with E-state index in [0.717, 1.165) is 40.2 Å². The number of ether oxygens (including phenoxy) is 8. The lowest BCUT2D eigenvalue weighted by atomic mass is 9.98. The number of carbonyl (C=O) groups excluding carboxylic acids is 5. The van der Waals surface area contributed by atoms with Crippen LogP contribution in [0.25, 0.3) is 0 Å². The first-order valence-electron chi connectivity index (χ1n) is 14.1. The van der Waals surface area contributed by atoms with Crippen LogP contribution in [0.1, 0.15) is 50.0 Å². The molecule has 0 bridgehead atoms. The van der Waals surface area contributed by atoms with Gasteiger partial charge < -0.3 is 43.0 Å². The molecule has 4 rings (SSSR count). The smallest absolute Gasteiger partial charge is 0.303 e. The maximum Gasteiger partial charge on any atom is 0.303 e. The van der Waals surface area contributed by atoms with Gasteiger partial charge in [-0.05, 0) is 29.8 Å². The zero-order chi connectivity index (χ0) is 32.7. The van der Waals surface area contributed by atoms with Gasteiger partial charge in [-0.3, -0.25) is 24.0 Å². The van der Waals surface area contributed by atoms with Crippen molar-refractivity contribution < 1.29 is 67.0 Å². The molecule has 0 aliphatic carbocycles. The predicted octanol–water partition coefficient (Wildman–Crippen LogP) is 2.44. The second kappa shape index (κ2) is 14.8. The van der Waals surface area contributed by atoms with Gasteiger partial charge in [-0.1, -0.05) is 6.07 Å². The minimum Gasteiger partial charge on any atom is -0.507 e. The van der Waals surface area contributed by atoms with E-state index in [9.17, 15) is 29.1 Å².